The van der Waals surface area contributed by atoms with Crippen LogP contribution in [0.3, 0.4) is 0 Å². The Balaban J connectivity index is 1.79. The molecule has 1 N–H and O–H groups in total. The van der Waals surface area contributed by atoms with Crippen molar-refractivity contribution in [3.63, 3.8) is 0 Å². The Hall–Kier alpha value is -1.59. The second-order valence-electron chi connectivity index (χ2n) is 6.82. The molecular weight excluding hydrogens is 326 g/mol. The van der Waals surface area contributed by atoms with Crippen LogP contribution in [0.25, 0.3) is 0 Å². The van der Waals surface area contributed by atoms with E-state index in [1.165, 1.54) is 11.1 Å². The highest BCUT2D eigenvalue weighted by Gasteiger charge is 2.21. The van der Waals surface area contributed by atoms with Crippen LogP contribution in [0.4, 0.5) is 0 Å². The van der Waals surface area contributed by atoms with E-state index in [9.17, 15) is 0 Å². The van der Waals surface area contributed by atoms with Crippen molar-refractivity contribution >= 4 is 5.96 Å². The second-order valence-corrected chi connectivity index (χ2v) is 6.82. The minimum Gasteiger partial charge on any atom is -0.385 e. The summed E-state index contributed by atoms with van der Waals surface area (Å²) in [7, 11) is 1.74. The molecule has 26 heavy (non-hydrogen) atoms. The molecule has 0 unspecified atom stereocenters. The molecule has 0 saturated carbocycles. The fourth-order valence-corrected chi connectivity index (χ4v) is 3.29. The largest absolute Gasteiger partial charge is 0.385 e. The molecule has 5 nitrogen and oxygen atoms in total. The van der Waals surface area contributed by atoms with Gasteiger partial charge in [0.25, 0.3) is 0 Å². The number of aliphatic imine (C=N–C) groups is 1. The molecule has 2 rings (SSSR count). The lowest BCUT2D eigenvalue weighted by atomic mass is 10.1. The average molecular weight is 362 g/mol. The molecule has 1 aromatic rings. The Kier molecular flexibility index (Phi) is 9.50. The first-order chi connectivity index (χ1) is 12.7. The van der Waals surface area contributed by atoms with Crippen LogP contribution < -0.4 is 5.32 Å². The predicted molar refractivity (Wildman–Crippen MR) is 108 cm³/mol. The molecule has 0 radical (unpaired) electrons. The number of hydrogen-bond acceptors (Lipinski definition) is 3. The third-order valence-electron chi connectivity index (χ3n) is 4.83. The number of hydrogen-bond donors (Lipinski definition) is 1. The van der Waals surface area contributed by atoms with Gasteiger partial charge in [-0.25, -0.2) is 0 Å². The van der Waals surface area contributed by atoms with E-state index < -0.39 is 0 Å². The summed E-state index contributed by atoms with van der Waals surface area (Å²) < 4.78 is 11.0. The number of piperidine rings is 1. The topological polar surface area (TPSA) is 46.1 Å². The first-order valence-electron chi connectivity index (χ1n) is 9.93. The van der Waals surface area contributed by atoms with Gasteiger partial charge in [0.1, 0.15) is 0 Å². The molecule has 1 saturated heterocycles. The molecule has 1 aromatic carbocycles. The van der Waals surface area contributed by atoms with Crippen LogP contribution in [0.1, 0.15) is 37.3 Å². The van der Waals surface area contributed by atoms with E-state index in [0.29, 0.717) is 6.10 Å². The molecule has 0 aliphatic carbocycles. The minimum atomic E-state index is 0.373. The second kappa shape index (κ2) is 11.9. The number of methoxy groups -OCH3 is 1. The van der Waals surface area contributed by atoms with Gasteiger partial charge in [-0.2, -0.15) is 0 Å². The smallest absolute Gasteiger partial charge is 0.193 e. The van der Waals surface area contributed by atoms with E-state index in [-0.39, 0.29) is 0 Å². The first-order valence-corrected chi connectivity index (χ1v) is 9.93. The van der Waals surface area contributed by atoms with Crippen LogP contribution in [0.2, 0.25) is 0 Å². The van der Waals surface area contributed by atoms with E-state index in [0.717, 1.165) is 71.0 Å². The van der Waals surface area contributed by atoms with Gasteiger partial charge in [-0.3, -0.25) is 4.99 Å². The highest BCUT2D eigenvalue weighted by atomic mass is 16.5. The van der Waals surface area contributed by atoms with E-state index in [2.05, 4.69) is 48.3 Å². The van der Waals surface area contributed by atoms with Gasteiger partial charge in [-0.1, -0.05) is 24.3 Å². The molecule has 1 aliphatic heterocycles. The van der Waals surface area contributed by atoms with Crippen LogP contribution in [0.5, 0.6) is 0 Å². The Morgan fingerprint density at radius 3 is 2.69 bits per heavy atom. The highest BCUT2D eigenvalue weighted by Crippen LogP contribution is 2.14. The van der Waals surface area contributed by atoms with Crippen molar-refractivity contribution in [1.82, 2.24) is 10.2 Å². The average Bonchev–Trinajstić information content (AvgIpc) is 2.67. The van der Waals surface area contributed by atoms with Crippen molar-refractivity contribution in [2.45, 2.75) is 45.6 Å². The number of rotatable bonds is 9. The summed E-state index contributed by atoms with van der Waals surface area (Å²) in [4.78, 5) is 7.23. The Morgan fingerprint density at radius 1 is 1.23 bits per heavy atom. The summed E-state index contributed by atoms with van der Waals surface area (Å²) in [5.74, 6) is 1.04. The maximum absolute atomic E-state index is 5.96. The quantitative estimate of drug-likeness (QED) is 0.417. The maximum atomic E-state index is 5.96. The normalized spacial score (nSPS) is 16.1. The summed E-state index contributed by atoms with van der Waals surface area (Å²) in [6.07, 6.45) is 4.46. The number of likely N-dealkylation sites (tertiary alicyclic amines) is 1. The lowest BCUT2D eigenvalue weighted by molar-refractivity contribution is 0.00991. The van der Waals surface area contributed by atoms with E-state index >= 15 is 0 Å². The van der Waals surface area contributed by atoms with Gasteiger partial charge in [0.2, 0.25) is 0 Å². The standard InChI is InChI=1S/C21H35N3O2/c1-4-22-21(23-13-10-19-9-6-5-8-18(19)2)24-14-11-20(12-15-24)26-17-7-16-25-3/h5-6,8-9,20H,4,7,10-17H2,1-3H3,(H,22,23). The molecule has 0 spiro atoms. The maximum Gasteiger partial charge on any atom is 0.193 e. The number of ether oxygens (including phenoxy) is 2. The fraction of sp³-hybridized carbons (Fsp3) is 0.667. The SMILES string of the molecule is CCNC(=NCCc1ccccc1C)N1CCC(OCCCOC)CC1. The van der Waals surface area contributed by atoms with Crippen LogP contribution >= 0.6 is 0 Å². The van der Waals surface area contributed by atoms with Gasteiger partial charge in [-0.15, -0.1) is 0 Å². The number of guanidine groups is 1. The molecule has 0 bridgehead atoms. The van der Waals surface area contributed by atoms with Crippen LogP contribution in [-0.2, 0) is 15.9 Å². The third kappa shape index (κ3) is 6.96. The van der Waals surface area contributed by atoms with E-state index in [1.807, 2.05) is 0 Å². The highest BCUT2D eigenvalue weighted by molar-refractivity contribution is 5.80. The summed E-state index contributed by atoms with van der Waals surface area (Å²) >= 11 is 0. The molecule has 0 atom stereocenters. The lowest BCUT2D eigenvalue weighted by Crippen LogP contribution is -2.47. The van der Waals surface area contributed by atoms with Crippen molar-refractivity contribution in [2.24, 2.45) is 4.99 Å². The van der Waals surface area contributed by atoms with Crippen molar-refractivity contribution in [1.29, 1.82) is 0 Å². The molecule has 5 heteroatoms. The summed E-state index contributed by atoms with van der Waals surface area (Å²) in [6, 6.07) is 8.56. The van der Waals surface area contributed by atoms with E-state index in [1.54, 1.807) is 7.11 Å². The molecule has 0 amide bonds. The molecule has 1 fully saturated rings. The number of aryl methyl sites for hydroxylation is 1. The lowest BCUT2D eigenvalue weighted by Gasteiger charge is -2.34. The zero-order chi connectivity index (χ0) is 18.6. The number of benzene rings is 1. The summed E-state index contributed by atoms with van der Waals surface area (Å²) in [5, 5.41) is 3.45. The Labute approximate surface area is 158 Å². The summed E-state index contributed by atoms with van der Waals surface area (Å²) in [6.45, 7) is 9.60. The third-order valence-corrected chi connectivity index (χ3v) is 4.83. The zero-order valence-electron chi connectivity index (χ0n) is 16.7. The van der Waals surface area contributed by atoms with E-state index in [4.69, 9.17) is 14.5 Å². The predicted octanol–water partition coefficient (Wildman–Crippen LogP) is 3.02. The van der Waals surface area contributed by atoms with Crippen molar-refractivity contribution in [2.75, 3.05) is 46.5 Å². The molecule has 1 heterocycles. The molecule has 0 aromatic heterocycles. The fourth-order valence-electron chi connectivity index (χ4n) is 3.29. The summed E-state index contributed by atoms with van der Waals surface area (Å²) in [5.41, 5.74) is 2.73. The zero-order valence-corrected chi connectivity index (χ0v) is 16.7. The number of nitrogens with zero attached hydrogens (tertiary/aromatic N) is 2. The van der Waals surface area contributed by atoms with Gasteiger partial charge in [-0.05, 0) is 50.7 Å². The van der Waals surface area contributed by atoms with Crippen molar-refractivity contribution in [3.8, 4) is 0 Å². The van der Waals surface area contributed by atoms with Crippen LogP contribution in [0, 0.1) is 6.92 Å². The van der Waals surface area contributed by atoms with Crippen LogP contribution in [-0.4, -0.2) is 63.5 Å². The van der Waals surface area contributed by atoms with Gasteiger partial charge in [0, 0.05) is 46.5 Å². The van der Waals surface area contributed by atoms with Crippen LogP contribution in [0.15, 0.2) is 29.3 Å². The Morgan fingerprint density at radius 2 is 2.00 bits per heavy atom. The molecule has 1 aliphatic rings. The monoisotopic (exact) mass is 361 g/mol. The van der Waals surface area contributed by atoms with Crippen molar-refractivity contribution in [3.05, 3.63) is 35.4 Å². The minimum absolute atomic E-state index is 0.373. The first kappa shape index (κ1) is 20.7. The van der Waals surface area contributed by atoms with Gasteiger partial charge < -0.3 is 19.7 Å². The molecular formula is C21H35N3O2. The molecule has 146 valence electrons. The Bertz CT molecular complexity index is 540. The van der Waals surface area contributed by atoms with Gasteiger partial charge >= 0.3 is 0 Å². The van der Waals surface area contributed by atoms with Crippen molar-refractivity contribution < 1.29 is 9.47 Å². The van der Waals surface area contributed by atoms with Gasteiger partial charge in [0.15, 0.2) is 5.96 Å². The number of nitrogens with one attached hydrogen (secondary N) is 1. The van der Waals surface area contributed by atoms with Gasteiger partial charge in [0.05, 0.1) is 6.10 Å².